The summed E-state index contributed by atoms with van der Waals surface area (Å²) in [6.07, 6.45) is 5.61. The zero-order valence-corrected chi connectivity index (χ0v) is 15.5. The van der Waals surface area contributed by atoms with Crippen LogP contribution in [0.15, 0.2) is 36.7 Å². The monoisotopic (exact) mass is 364 g/mol. The van der Waals surface area contributed by atoms with E-state index in [0.717, 1.165) is 49.3 Å². The van der Waals surface area contributed by atoms with E-state index in [0.29, 0.717) is 18.2 Å². The lowest BCUT2D eigenvalue weighted by atomic mass is 9.88. The van der Waals surface area contributed by atoms with Crippen molar-refractivity contribution >= 4 is 5.91 Å². The number of aromatic amines is 1. The molecule has 0 aliphatic heterocycles. The van der Waals surface area contributed by atoms with E-state index in [1.54, 1.807) is 6.33 Å². The quantitative estimate of drug-likeness (QED) is 0.702. The third-order valence-electron chi connectivity index (χ3n) is 5.19. The molecule has 7 heteroatoms. The van der Waals surface area contributed by atoms with E-state index in [2.05, 4.69) is 44.8 Å². The highest BCUT2D eigenvalue weighted by Gasteiger charge is 2.24. The van der Waals surface area contributed by atoms with Crippen LogP contribution in [-0.2, 0) is 32.4 Å². The number of hydrogen-bond donors (Lipinski definition) is 2. The van der Waals surface area contributed by atoms with Gasteiger partial charge in [0.1, 0.15) is 6.33 Å². The van der Waals surface area contributed by atoms with Gasteiger partial charge in [0.05, 0.1) is 6.54 Å². The number of carbonyl (C=O) groups excluding carboxylic acids is 1. The van der Waals surface area contributed by atoms with E-state index < -0.39 is 0 Å². The van der Waals surface area contributed by atoms with Gasteiger partial charge in [-0.05, 0) is 37.2 Å². The molecular formula is C20H24N6O. The van der Waals surface area contributed by atoms with E-state index >= 15 is 0 Å². The van der Waals surface area contributed by atoms with Crippen LogP contribution in [0, 0.1) is 5.92 Å². The second kappa shape index (κ2) is 7.73. The molecule has 0 unspecified atom stereocenters. The number of benzene rings is 1. The third-order valence-corrected chi connectivity index (χ3v) is 5.19. The van der Waals surface area contributed by atoms with Gasteiger partial charge in [0.2, 0.25) is 0 Å². The summed E-state index contributed by atoms with van der Waals surface area (Å²) in [5, 5.41) is 18.4. The minimum Gasteiger partial charge on any atom is -0.343 e. The van der Waals surface area contributed by atoms with Gasteiger partial charge in [-0.25, -0.2) is 0 Å². The maximum absolute atomic E-state index is 12.6. The summed E-state index contributed by atoms with van der Waals surface area (Å²) < 4.78 is 1.98. The van der Waals surface area contributed by atoms with Crippen molar-refractivity contribution in [1.29, 1.82) is 0 Å². The van der Waals surface area contributed by atoms with Crippen LogP contribution in [0.2, 0.25) is 0 Å². The van der Waals surface area contributed by atoms with Gasteiger partial charge in [-0.2, -0.15) is 5.10 Å². The Bertz CT molecular complexity index is 914. The lowest BCUT2D eigenvalue weighted by Crippen LogP contribution is -2.27. The molecule has 1 aliphatic rings. The summed E-state index contributed by atoms with van der Waals surface area (Å²) >= 11 is 0. The smallest absolute Gasteiger partial charge is 0.272 e. The van der Waals surface area contributed by atoms with Crippen molar-refractivity contribution in [3.05, 3.63) is 65.0 Å². The fourth-order valence-electron chi connectivity index (χ4n) is 3.60. The topological polar surface area (TPSA) is 88.5 Å². The van der Waals surface area contributed by atoms with Crippen LogP contribution < -0.4 is 5.32 Å². The summed E-state index contributed by atoms with van der Waals surface area (Å²) in [6, 6.07) is 10.3. The average molecular weight is 364 g/mol. The summed E-state index contributed by atoms with van der Waals surface area (Å²) in [5.74, 6) is 1.18. The Morgan fingerprint density at radius 1 is 1.33 bits per heavy atom. The maximum Gasteiger partial charge on any atom is 0.272 e. The molecule has 7 nitrogen and oxygen atoms in total. The Balaban J connectivity index is 1.38. The fraction of sp³-hybridized carbons (Fsp3) is 0.400. The third kappa shape index (κ3) is 3.92. The first-order chi connectivity index (χ1) is 13.2. The van der Waals surface area contributed by atoms with Gasteiger partial charge in [-0.15, -0.1) is 10.2 Å². The molecule has 1 aliphatic carbocycles. The highest BCUT2D eigenvalue weighted by Crippen LogP contribution is 2.26. The van der Waals surface area contributed by atoms with Crippen LogP contribution in [0.1, 0.15) is 46.5 Å². The number of aromatic nitrogens is 5. The normalized spacial score (nSPS) is 16.1. The number of H-pyrrole nitrogens is 1. The Morgan fingerprint density at radius 3 is 3.04 bits per heavy atom. The van der Waals surface area contributed by atoms with Gasteiger partial charge in [0, 0.05) is 17.8 Å². The summed E-state index contributed by atoms with van der Waals surface area (Å²) in [6.45, 7) is 3.33. The van der Waals surface area contributed by atoms with Crippen LogP contribution in [-0.4, -0.2) is 30.9 Å². The molecule has 2 aromatic heterocycles. The number of nitrogens with zero attached hydrogens (tertiary/aromatic N) is 4. The highest BCUT2D eigenvalue weighted by atomic mass is 16.1. The van der Waals surface area contributed by atoms with Crippen LogP contribution in [0.3, 0.4) is 0 Å². The second-order valence-corrected chi connectivity index (χ2v) is 7.24. The van der Waals surface area contributed by atoms with E-state index in [9.17, 15) is 4.79 Å². The van der Waals surface area contributed by atoms with Crippen molar-refractivity contribution < 1.29 is 4.79 Å². The molecule has 1 amide bonds. The van der Waals surface area contributed by atoms with Gasteiger partial charge in [0.25, 0.3) is 5.91 Å². The molecule has 1 aromatic carbocycles. The van der Waals surface area contributed by atoms with E-state index in [-0.39, 0.29) is 5.91 Å². The molecule has 140 valence electrons. The Hall–Kier alpha value is -2.96. The molecule has 1 atom stereocenters. The van der Waals surface area contributed by atoms with Gasteiger partial charge < -0.3 is 9.88 Å². The zero-order chi connectivity index (χ0) is 18.6. The molecule has 0 spiro atoms. The van der Waals surface area contributed by atoms with E-state index in [1.807, 2.05) is 22.8 Å². The molecule has 0 saturated heterocycles. The van der Waals surface area contributed by atoms with Crippen molar-refractivity contribution in [2.75, 3.05) is 0 Å². The highest BCUT2D eigenvalue weighted by molar-refractivity contribution is 5.93. The number of amides is 1. The van der Waals surface area contributed by atoms with Crippen molar-refractivity contribution in [2.45, 2.75) is 45.7 Å². The lowest BCUT2D eigenvalue weighted by molar-refractivity contribution is 0.0943. The van der Waals surface area contributed by atoms with Crippen LogP contribution in [0.4, 0.5) is 0 Å². The van der Waals surface area contributed by atoms with Crippen LogP contribution >= 0.6 is 0 Å². The minimum atomic E-state index is -0.154. The van der Waals surface area contributed by atoms with Gasteiger partial charge >= 0.3 is 0 Å². The molecule has 2 heterocycles. The molecule has 2 N–H and O–H groups in total. The Morgan fingerprint density at radius 2 is 2.19 bits per heavy atom. The minimum absolute atomic E-state index is 0.154. The van der Waals surface area contributed by atoms with Gasteiger partial charge in [0.15, 0.2) is 11.5 Å². The number of hydrogen-bond acceptors (Lipinski definition) is 4. The van der Waals surface area contributed by atoms with Crippen molar-refractivity contribution in [3.63, 3.8) is 0 Å². The van der Waals surface area contributed by atoms with Crippen LogP contribution in [0.25, 0.3) is 0 Å². The Kier molecular flexibility index (Phi) is 5.00. The average Bonchev–Trinajstić information content (AvgIpc) is 3.31. The molecule has 0 radical (unpaired) electrons. The first-order valence-electron chi connectivity index (χ1n) is 9.45. The fourth-order valence-corrected chi connectivity index (χ4v) is 3.60. The van der Waals surface area contributed by atoms with E-state index in [1.165, 1.54) is 5.56 Å². The lowest BCUT2D eigenvalue weighted by Gasteiger charge is -2.18. The predicted molar refractivity (Wildman–Crippen MR) is 101 cm³/mol. The Labute approximate surface area is 158 Å². The standard InChI is InChI=1S/C20H24N6O/c1-14-7-8-17-16(11-14)19(25-23-17)20(27)21-12-18-24-22-13-26(18)10-9-15-5-3-2-4-6-15/h2-6,13-14H,7-12H2,1H3,(H,21,27)(H,23,25)/t14-/m0/s1. The van der Waals surface area contributed by atoms with Crippen LogP contribution in [0.5, 0.6) is 0 Å². The molecular weight excluding hydrogens is 340 g/mol. The summed E-state index contributed by atoms with van der Waals surface area (Å²) in [4.78, 5) is 12.6. The number of aryl methyl sites for hydroxylation is 3. The van der Waals surface area contributed by atoms with Crippen molar-refractivity contribution in [3.8, 4) is 0 Å². The van der Waals surface area contributed by atoms with Crippen molar-refractivity contribution in [2.24, 2.45) is 5.92 Å². The molecule has 0 fully saturated rings. The first-order valence-corrected chi connectivity index (χ1v) is 9.45. The molecule has 0 bridgehead atoms. The maximum atomic E-state index is 12.6. The zero-order valence-electron chi connectivity index (χ0n) is 15.5. The molecule has 3 aromatic rings. The first kappa shape index (κ1) is 17.5. The number of nitrogens with one attached hydrogen (secondary N) is 2. The molecule has 27 heavy (non-hydrogen) atoms. The van der Waals surface area contributed by atoms with Gasteiger partial charge in [-0.1, -0.05) is 37.3 Å². The van der Waals surface area contributed by atoms with Gasteiger partial charge in [-0.3, -0.25) is 9.89 Å². The summed E-state index contributed by atoms with van der Waals surface area (Å²) in [7, 11) is 0. The predicted octanol–water partition coefficient (Wildman–Crippen LogP) is 2.30. The number of rotatable bonds is 6. The largest absolute Gasteiger partial charge is 0.343 e. The number of carbonyl (C=O) groups is 1. The number of fused-ring (bicyclic) bond motifs is 1. The van der Waals surface area contributed by atoms with E-state index in [4.69, 9.17) is 0 Å². The molecule has 4 rings (SSSR count). The molecule has 0 saturated carbocycles. The SMILES string of the molecule is C[C@H]1CCc2[nH]nc(C(=O)NCc3nncn3CCc3ccccc3)c2C1. The summed E-state index contributed by atoms with van der Waals surface area (Å²) in [5.41, 5.74) is 3.95. The van der Waals surface area contributed by atoms with Crippen molar-refractivity contribution in [1.82, 2.24) is 30.3 Å². The second-order valence-electron chi connectivity index (χ2n) is 7.24.